The second kappa shape index (κ2) is 15.6. The van der Waals surface area contributed by atoms with Crippen LogP contribution in [0.5, 0.6) is 0 Å². The first-order chi connectivity index (χ1) is 34.2. The Bertz CT molecular complexity index is 4280. The summed E-state index contributed by atoms with van der Waals surface area (Å²) in [6.45, 7) is 0. The Balaban J connectivity index is 0.929. The number of fused-ring (bicyclic) bond motifs is 9. The highest BCUT2D eigenvalue weighted by atomic mass is 16.3. The summed E-state index contributed by atoms with van der Waals surface area (Å²) in [6.07, 6.45) is 0. The van der Waals surface area contributed by atoms with E-state index in [2.05, 4.69) is 187 Å². The van der Waals surface area contributed by atoms with Crippen molar-refractivity contribution in [1.82, 2.24) is 19.5 Å². The Hall–Kier alpha value is -9.39. The molecule has 0 amide bonds. The smallest absolute Gasteiger partial charge is 0.167 e. The van der Waals surface area contributed by atoms with Crippen LogP contribution in [0.15, 0.2) is 239 Å². The Morgan fingerprint density at radius 1 is 0.290 bits per heavy atom. The summed E-state index contributed by atoms with van der Waals surface area (Å²) in [4.78, 5) is 15.8. The van der Waals surface area contributed by atoms with Gasteiger partial charge in [0.2, 0.25) is 0 Å². The largest absolute Gasteiger partial charge is 0.456 e. The van der Waals surface area contributed by atoms with E-state index in [1.807, 2.05) is 48.5 Å². The van der Waals surface area contributed by atoms with Crippen molar-refractivity contribution in [2.75, 3.05) is 0 Å². The molecule has 0 fully saturated rings. The van der Waals surface area contributed by atoms with E-state index in [9.17, 15) is 0 Å². The Labute approximate surface area is 396 Å². The maximum atomic E-state index is 6.64. The third-order valence-electron chi connectivity index (χ3n) is 13.5. The summed E-state index contributed by atoms with van der Waals surface area (Å²) in [5.74, 6) is 1.62. The molecule has 0 unspecified atom stereocenters. The quantitative estimate of drug-likeness (QED) is 0.159. The molecule has 69 heavy (non-hydrogen) atoms. The minimum atomic E-state index is 0.522. The average molecular weight is 883 g/mol. The van der Waals surface area contributed by atoms with Crippen LogP contribution in [0.4, 0.5) is 0 Å². The standard InChI is InChI=1S/C63H38N4O2/c1-3-13-39(14-4-1)41-25-27-43(28-26-41)45-33-35-55-52(37-45)47-17-7-9-22-54(47)67(55)46-34-36-57-53(38-46)59-50(20-12-24-58(59)68-57)62-64-61(44-31-29-42(30-32-44)40-15-5-2-6-16-40)65-63(66-62)51-21-11-19-49-48-18-8-10-23-56(48)69-60(49)51/h1-38H. The molecule has 0 radical (unpaired) electrons. The lowest BCUT2D eigenvalue weighted by molar-refractivity contribution is 0.668. The number of rotatable bonds is 7. The van der Waals surface area contributed by atoms with Crippen molar-refractivity contribution >= 4 is 65.7 Å². The van der Waals surface area contributed by atoms with Gasteiger partial charge in [0.15, 0.2) is 17.5 Å². The summed E-state index contributed by atoms with van der Waals surface area (Å²) in [5, 5.41) is 6.33. The molecule has 14 rings (SSSR count). The van der Waals surface area contributed by atoms with Crippen LogP contribution in [0.3, 0.4) is 0 Å². The molecule has 0 aliphatic rings. The van der Waals surface area contributed by atoms with E-state index in [4.69, 9.17) is 23.8 Å². The van der Waals surface area contributed by atoms with Crippen LogP contribution >= 0.6 is 0 Å². The Kier molecular flexibility index (Phi) is 8.79. The Morgan fingerprint density at radius 3 is 1.57 bits per heavy atom. The number of benzene rings is 10. The fraction of sp³-hybridized carbons (Fsp3) is 0. The zero-order valence-electron chi connectivity index (χ0n) is 37.0. The maximum Gasteiger partial charge on any atom is 0.167 e. The molecule has 0 aliphatic carbocycles. The van der Waals surface area contributed by atoms with Gasteiger partial charge in [-0.3, -0.25) is 0 Å². The highest BCUT2D eigenvalue weighted by Crippen LogP contribution is 2.42. The van der Waals surface area contributed by atoms with Gasteiger partial charge in [0.25, 0.3) is 0 Å². The van der Waals surface area contributed by atoms with Crippen LogP contribution in [-0.2, 0) is 0 Å². The minimum absolute atomic E-state index is 0.522. The molecule has 10 aromatic carbocycles. The van der Waals surface area contributed by atoms with Crippen molar-refractivity contribution in [3.63, 3.8) is 0 Å². The number of hydrogen-bond donors (Lipinski definition) is 0. The second-order valence-electron chi connectivity index (χ2n) is 17.5. The molecule has 4 aromatic heterocycles. The predicted molar refractivity (Wildman–Crippen MR) is 281 cm³/mol. The monoisotopic (exact) mass is 882 g/mol. The van der Waals surface area contributed by atoms with Crippen molar-refractivity contribution in [1.29, 1.82) is 0 Å². The third kappa shape index (κ3) is 6.45. The molecule has 0 atom stereocenters. The summed E-state index contributed by atoms with van der Waals surface area (Å²) < 4.78 is 15.6. The van der Waals surface area contributed by atoms with Crippen LogP contribution in [0.2, 0.25) is 0 Å². The summed E-state index contributed by atoms with van der Waals surface area (Å²) in [5.41, 5.74) is 15.9. The molecule has 14 aromatic rings. The molecule has 6 heteroatoms. The first-order valence-electron chi connectivity index (χ1n) is 23.2. The zero-order valence-corrected chi connectivity index (χ0v) is 37.0. The maximum absolute atomic E-state index is 6.64. The van der Waals surface area contributed by atoms with Gasteiger partial charge in [0, 0.05) is 49.1 Å². The number of hydrogen-bond acceptors (Lipinski definition) is 5. The zero-order chi connectivity index (χ0) is 45.4. The predicted octanol–water partition coefficient (Wildman–Crippen LogP) is 16.8. The van der Waals surface area contributed by atoms with Crippen molar-refractivity contribution in [2.24, 2.45) is 0 Å². The van der Waals surface area contributed by atoms with Gasteiger partial charge in [0.05, 0.1) is 16.6 Å². The SMILES string of the molecule is c1ccc(-c2ccc(-c3ccc4c(c3)c3ccccc3n4-c3ccc4oc5cccc(-c6nc(-c7ccc(-c8ccccc8)cc7)nc(-c7cccc8c7oc7ccccc78)n6)c5c4c3)cc2)cc1. The van der Waals surface area contributed by atoms with Crippen molar-refractivity contribution < 1.29 is 8.83 Å². The molecule has 0 aliphatic heterocycles. The van der Waals surface area contributed by atoms with Gasteiger partial charge in [-0.25, -0.2) is 15.0 Å². The highest BCUT2D eigenvalue weighted by molar-refractivity contribution is 6.14. The topological polar surface area (TPSA) is 69.9 Å². The van der Waals surface area contributed by atoms with E-state index in [0.29, 0.717) is 17.5 Å². The van der Waals surface area contributed by atoms with Crippen molar-refractivity contribution in [3.8, 4) is 73.2 Å². The third-order valence-corrected chi connectivity index (χ3v) is 13.5. The second-order valence-corrected chi connectivity index (χ2v) is 17.5. The molecule has 4 heterocycles. The fourth-order valence-corrected chi connectivity index (χ4v) is 10.2. The van der Waals surface area contributed by atoms with Crippen LogP contribution in [0.1, 0.15) is 0 Å². The average Bonchev–Trinajstić information content (AvgIpc) is 4.11. The first-order valence-corrected chi connectivity index (χ1v) is 23.2. The van der Waals surface area contributed by atoms with Crippen molar-refractivity contribution in [3.05, 3.63) is 231 Å². The molecule has 0 bridgehead atoms. The number of aromatic nitrogens is 4. The molecular weight excluding hydrogens is 845 g/mol. The van der Waals surface area contributed by atoms with Crippen LogP contribution in [0, 0.1) is 0 Å². The number of nitrogens with zero attached hydrogens (tertiary/aromatic N) is 4. The molecule has 6 nitrogen and oxygen atoms in total. The van der Waals surface area contributed by atoms with Gasteiger partial charge in [-0.1, -0.05) is 176 Å². The van der Waals surface area contributed by atoms with E-state index < -0.39 is 0 Å². The van der Waals surface area contributed by atoms with E-state index in [-0.39, 0.29) is 0 Å². The van der Waals surface area contributed by atoms with Crippen molar-refractivity contribution in [2.45, 2.75) is 0 Å². The molecule has 0 spiro atoms. The fourth-order valence-electron chi connectivity index (χ4n) is 10.2. The lowest BCUT2D eigenvalue weighted by Gasteiger charge is -2.11. The highest BCUT2D eigenvalue weighted by Gasteiger charge is 2.22. The lowest BCUT2D eigenvalue weighted by atomic mass is 9.99. The van der Waals surface area contributed by atoms with Gasteiger partial charge < -0.3 is 13.4 Å². The van der Waals surface area contributed by atoms with E-state index in [1.54, 1.807) is 0 Å². The summed E-state index contributed by atoms with van der Waals surface area (Å²) in [6, 6.07) is 80.5. The van der Waals surface area contributed by atoms with Gasteiger partial charge in [-0.15, -0.1) is 0 Å². The van der Waals surface area contributed by atoms with Crippen LogP contribution in [0.25, 0.3) is 139 Å². The van der Waals surface area contributed by atoms with E-state index in [1.165, 1.54) is 33.0 Å². The van der Waals surface area contributed by atoms with Gasteiger partial charge >= 0.3 is 0 Å². The number of furan rings is 2. The number of para-hydroxylation sites is 3. The summed E-state index contributed by atoms with van der Waals surface area (Å²) >= 11 is 0. The first kappa shape index (κ1) is 38.8. The van der Waals surface area contributed by atoms with E-state index in [0.717, 1.165) is 88.4 Å². The molecule has 0 saturated carbocycles. The molecule has 322 valence electrons. The summed E-state index contributed by atoms with van der Waals surface area (Å²) in [7, 11) is 0. The Morgan fingerprint density at radius 2 is 0.812 bits per heavy atom. The van der Waals surface area contributed by atoms with Gasteiger partial charge in [-0.2, -0.15) is 0 Å². The van der Waals surface area contributed by atoms with E-state index >= 15 is 0 Å². The van der Waals surface area contributed by atoms with Crippen LogP contribution in [-0.4, -0.2) is 19.5 Å². The normalized spacial score (nSPS) is 11.8. The minimum Gasteiger partial charge on any atom is -0.456 e. The molecule has 0 N–H and O–H groups in total. The lowest BCUT2D eigenvalue weighted by Crippen LogP contribution is -2.00. The van der Waals surface area contributed by atoms with Crippen LogP contribution < -0.4 is 0 Å². The molecule has 0 saturated heterocycles. The van der Waals surface area contributed by atoms with Gasteiger partial charge in [-0.05, 0) is 88.0 Å². The van der Waals surface area contributed by atoms with Gasteiger partial charge in [0.1, 0.15) is 22.3 Å². The molecular formula is C63H38N4O2.